The topological polar surface area (TPSA) is 64.4 Å². The molecule has 5 nitrogen and oxygen atoms in total. The van der Waals surface area contributed by atoms with Crippen molar-refractivity contribution >= 4 is 11.4 Å². The number of ether oxygens (including phenoxy) is 1. The fourth-order valence-corrected chi connectivity index (χ4v) is 1.77. The molecule has 1 aromatic carbocycles. The number of nitro benzene ring substituents is 1. The first-order valence-electron chi connectivity index (χ1n) is 5.75. The van der Waals surface area contributed by atoms with Gasteiger partial charge in [-0.2, -0.15) is 4.39 Å². The lowest BCUT2D eigenvalue weighted by atomic mass is 10.1. The van der Waals surface area contributed by atoms with Crippen molar-refractivity contribution in [2.45, 2.75) is 18.9 Å². The van der Waals surface area contributed by atoms with Crippen LogP contribution in [0.3, 0.4) is 0 Å². The molecule has 1 aromatic rings. The van der Waals surface area contributed by atoms with E-state index in [2.05, 4.69) is 5.32 Å². The van der Waals surface area contributed by atoms with E-state index in [9.17, 15) is 18.9 Å². The summed E-state index contributed by atoms with van der Waals surface area (Å²) < 4.78 is 31.9. The number of hydrogen-bond acceptors (Lipinski definition) is 4. The summed E-state index contributed by atoms with van der Waals surface area (Å²) >= 11 is 0. The number of nitro groups is 1. The van der Waals surface area contributed by atoms with Gasteiger partial charge >= 0.3 is 5.69 Å². The molecule has 0 radical (unpaired) electrons. The summed E-state index contributed by atoms with van der Waals surface area (Å²) in [4.78, 5) is 9.68. The van der Waals surface area contributed by atoms with E-state index in [0.717, 1.165) is 18.9 Å². The molecule has 1 atom stereocenters. The molecule has 0 saturated heterocycles. The highest BCUT2D eigenvalue weighted by atomic mass is 19.1. The van der Waals surface area contributed by atoms with Gasteiger partial charge in [0.05, 0.1) is 23.4 Å². The minimum atomic E-state index is -1.19. The SMILES string of the molecule is O=[N+]([O-])c1cc(NCC2CCC=CO2)c(F)cc1F. The monoisotopic (exact) mass is 270 g/mol. The number of benzene rings is 1. The van der Waals surface area contributed by atoms with E-state index in [0.29, 0.717) is 12.6 Å². The highest BCUT2D eigenvalue weighted by Crippen LogP contribution is 2.25. The van der Waals surface area contributed by atoms with Crippen molar-refractivity contribution in [1.29, 1.82) is 0 Å². The van der Waals surface area contributed by atoms with Gasteiger partial charge in [-0.25, -0.2) is 4.39 Å². The number of rotatable bonds is 4. The summed E-state index contributed by atoms with van der Waals surface area (Å²) in [5.74, 6) is -2.06. The number of hydrogen-bond donors (Lipinski definition) is 1. The van der Waals surface area contributed by atoms with Gasteiger partial charge < -0.3 is 10.1 Å². The van der Waals surface area contributed by atoms with Crippen LogP contribution in [0, 0.1) is 21.7 Å². The predicted octanol–water partition coefficient (Wildman–Crippen LogP) is 2.98. The minimum Gasteiger partial charge on any atom is -0.497 e. The zero-order valence-corrected chi connectivity index (χ0v) is 9.94. The number of nitrogens with one attached hydrogen (secondary N) is 1. The van der Waals surface area contributed by atoms with Crippen LogP contribution in [0.4, 0.5) is 20.2 Å². The van der Waals surface area contributed by atoms with E-state index in [-0.39, 0.29) is 11.8 Å². The quantitative estimate of drug-likeness (QED) is 0.674. The predicted molar refractivity (Wildman–Crippen MR) is 64.7 cm³/mol. The smallest absolute Gasteiger partial charge is 0.307 e. The largest absolute Gasteiger partial charge is 0.497 e. The number of halogens is 2. The Balaban J connectivity index is 2.09. The van der Waals surface area contributed by atoms with Crippen molar-refractivity contribution in [2.75, 3.05) is 11.9 Å². The van der Waals surface area contributed by atoms with Crippen molar-refractivity contribution in [3.05, 3.63) is 46.2 Å². The second-order valence-electron chi connectivity index (χ2n) is 4.13. The fourth-order valence-electron chi connectivity index (χ4n) is 1.77. The minimum absolute atomic E-state index is 0.105. The van der Waals surface area contributed by atoms with Gasteiger partial charge in [-0.15, -0.1) is 0 Å². The molecule has 0 bridgehead atoms. The van der Waals surface area contributed by atoms with Crippen LogP contribution in [0.15, 0.2) is 24.5 Å². The molecule has 0 saturated carbocycles. The van der Waals surface area contributed by atoms with Gasteiger partial charge in [0.2, 0.25) is 5.82 Å². The first-order valence-corrected chi connectivity index (χ1v) is 5.75. The first-order chi connectivity index (χ1) is 9.08. The van der Waals surface area contributed by atoms with Crippen LogP contribution in [0.25, 0.3) is 0 Å². The summed E-state index contributed by atoms with van der Waals surface area (Å²) in [5, 5.41) is 13.3. The van der Waals surface area contributed by atoms with Crippen LogP contribution in [0.1, 0.15) is 12.8 Å². The molecule has 102 valence electrons. The van der Waals surface area contributed by atoms with Crippen molar-refractivity contribution in [1.82, 2.24) is 0 Å². The maximum Gasteiger partial charge on any atom is 0.307 e. The average Bonchev–Trinajstić information content (AvgIpc) is 2.38. The second-order valence-corrected chi connectivity index (χ2v) is 4.13. The summed E-state index contributed by atoms with van der Waals surface area (Å²) in [6.07, 6.45) is 4.94. The zero-order chi connectivity index (χ0) is 13.8. The van der Waals surface area contributed by atoms with Gasteiger partial charge in [-0.3, -0.25) is 10.1 Å². The maximum atomic E-state index is 13.5. The highest BCUT2D eigenvalue weighted by molar-refractivity contribution is 5.53. The summed E-state index contributed by atoms with van der Waals surface area (Å²) in [5.41, 5.74) is -0.861. The van der Waals surface area contributed by atoms with E-state index in [1.54, 1.807) is 6.26 Å². The Morgan fingerprint density at radius 1 is 1.42 bits per heavy atom. The molecule has 1 N–H and O–H groups in total. The summed E-state index contributed by atoms with van der Waals surface area (Å²) in [6.45, 7) is 0.296. The molecule has 1 aliphatic rings. The zero-order valence-electron chi connectivity index (χ0n) is 9.94. The van der Waals surface area contributed by atoms with Crippen molar-refractivity contribution in [2.24, 2.45) is 0 Å². The van der Waals surface area contributed by atoms with Crippen molar-refractivity contribution < 1.29 is 18.4 Å². The van der Waals surface area contributed by atoms with Crippen LogP contribution >= 0.6 is 0 Å². The van der Waals surface area contributed by atoms with Gasteiger partial charge in [0.25, 0.3) is 0 Å². The molecule has 2 rings (SSSR count). The fraction of sp³-hybridized carbons (Fsp3) is 0.333. The van der Waals surface area contributed by atoms with E-state index in [4.69, 9.17) is 4.74 Å². The van der Waals surface area contributed by atoms with E-state index >= 15 is 0 Å². The lowest BCUT2D eigenvalue weighted by molar-refractivity contribution is -0.387. The van der Waals surface area contributed by atoms with Crippen LogP contribution in [0.2, 0.25) is 0 Å². The Hall–Kier alpha value is -2.18. The maximum absolute atomic E-state index is 13.5. The Morgan fingerprint density at radius 2 is 2.21 bits per heavy atom. The third-order valence-corrected chi connectivity index (χ3v) is 2.78. The van der Waals surface area contributed by atoms with Gasteiger partial charge in [-0.1, -0.05) is 0 Å². The highest BCUT2D eigenvalue weighted by Gasteiger charge is 2.19. The lowest BCUT2D eigenvalue weighted by Crippen LogP contribution is -2.23. The number of allylic oxidation sites excluding steroid dienone is 1. The average molecular weight is 270 g/mol. The number of anilines is 1. The molecule has 1 unspecified atom stereocenters. The van der Waals surface area contributed by atoms with Crippen LogP contribution in [-0.2, 0) is 4.74 Å². The first kappa shape index (κ1) is 13.3. The van der Waals surface area contributed by atoms with Gasteiger partial charge in [0, 0.05) is 12.1 Å². The van der Waals surface area contributed by atoms with Gasteiger partial charge in [0.1, 0.15) is 11.9 Å². The van der Waals surface area contributed by atoms with Crippen LogP contribution in [0.5, 0.6) is 0 Å². The summed E-state index contributed by atoms with van der Waals surface area (Å²) in [6, 6.07) is 1.35. The normalized spacial score (nSPS) is 17.9. The third-order valence-electron chi connectivity index (χ3n) is 2.78. The molecule has 7 heteroatoms. The molecule has 0 aromatic heterocycles. The van der Waals surface area contributed by atoms with Crippen molar-refractivity contribution in [3.63, 3.8) is 0 Å². The molecule has 0 spiro atoms. The molecule has 0 fully saturated rings. The summed E-state index contributed by atoms with van der Waals surface area (Å²) in [7, 11) is 0. The van der Waals surface area contributed by atoms with Crippen molar-refractivity contribution in [3.8, 4) is 0 Å². The van der Waals surface area contributed by atoms with Crippen LogP contribution < -0.4 is 5.32 Å². The second kappa shape index (κ2) is 5.64. The molecular formula is C12H12F2N2O3. The standard InChI is InChI=1S/C12H12F2N2O3/c13-9-5-10(14)12(16(17)18)6-11(9)15-7-8-3-1-2-4-19-8/h2,4-6,8,15H,1,3,7H2. The number of nitrogens with zero attached hydrogens (tertiary/aromatic N) is 1. The van der Waals surface area contributed by atoms with Gasteiger partial charge in [-0.05, 0) is 18.9 Å². The Labute approximate surface area is 108 Å². The van der Waals surface area contributed by atoms with Crippen LogP contribution in [-0.4, -0.2) is 17.6 Å². The Morgan fingerprint density at radius 3 is 2.84 bits per heavy atom. The molecular weight excluding hydrogens is 258 g/mol. The third kappa shape index (κ3) is 3.18. The molecule has 0 aliphatic carbocycles. The van der Waals surface area contributed by atoms with E-state index in [1.807, 2.05) is 6.08 Å². The molecule has 1 heterocycles. The Bertz CT molecular complexity index is 520. The van der Waals surface area contributed by atoms with Gasteiger partial charge in [0.15, 0.2) is 0 Å². The molecule has 0 amide bonds. The Kier molecular flexibility index (Phi) is 3.94. The lowest BCUT2D eigenvalue weighted by Gasteiger charge is -2.20. The molecule has 19 heavy (non-hydrogen) atoms. The molecule has 1 aliphatic heterocycles. The van der Waals surface area contributed by atoms with E-state index < -0.39 is 22.2 Å². The van der Waals surface area contributed by atoms with E-state index in [1.165, 1.54) is 0 Å².